The molecule has 0 spiro atoms. The van der Waals surface area contributed by atoms with E-state index in [0.717, 1.165) is 17.1 Å². The predicted octanol–water partition coefficient (Wildman–Crippen LogP) is 2.74. The van der Waals surface area contributed by atoms with Gasteiger partial charge in [0, 0.05) is 31.5 Å². The molecule has 0 unspecified atom stereocenters. The van der Waals surface area contributed by atoms with Gasteiger partial charge in [0.2, 0.25) is 5.91 Å². The number of aryl methyl sites for hydroxylation is 1. The number of amides is 1. The molecule has 2 heterocycles. The van der Waals surface area contributed by atoms with Crippen LogP contribution in [0, 0.1) is 0 Å². The van der Waals surface area contributed by atoms with Crippen molar-refractivity contribution in [2.45, 2.75) is 12.8 Å². The quantitative estimate of drug-likeness (QED) is 0.867. The Kier molecular flexibility index (Phi) is 4.36. The summed E-state index contributed by atoms with van der Waals surface area (Å²) in [5.74, 6) is 1.89. The van der Waals surface area contributed by atoms with E-state index in [1.54, 1.807) is 0 Å². The molecule has 0 atom stereocenters. The summed E-state index contributed by atoms with van der Waals surface area (Å²) in [7, 11) is 0. The average Bonchev–Trinajstić information content (AvgIpc) is 3.03. The number of furan rings is 1. The number of nitrogens with zero attached hydrogens (tertiary/aromatic N) is 1. The van der Waals surface area contributed by atoms with Crippen LogP contribution in [-0.2, 0) is 16.0 Å². The van der Waals surface area contributed by atoms with Gasteiger partial charge in [-0.2, -0.15) is 0 Å². The lowest BCUT2D eigenvalue weighted by molar-refractivity contribution is -0.135. The van der Waals surface area contributed by atoms with E-state index in [-0.39, 0.29) is 5.91 Å². The molecule has 1 saturated heterocycles. The first-order valence-electron chi connectivity index (χ1n) is 7.32. The summed E-state index contributed by atoms with van der Waals surface area (Å²) in [6, 6.07) is 13.9. The summed E-state index contributed by atoms with van der Waals surface area (Å²) in [4.78, 5) is 13.9. The number of benzene rings is 1. The molecule has 110 valence electrons. The second-order valence-corrected chi connectivity index (χ2v) is 5.13. The van der Waals surface area contributed by atoms with Gasteiger partial charge in [-0.3, -0.25) is 4.79 Å². The van der Waals surface area contributed by atoms with Crippen LogP contribution in [0.15, 0.2) is 46.9 Å². The Hall–Kier alpha value is -2.07. The fourth-order valence-electron chi connectivity index (χ4n) is 2.47. The van der Waals surface area contributed by atoms with Crippen molar-refractivity contribution < 1.29 is 13.9 Å². The number of carbonyl (C=O) groups is 1. The Morgan fingerprint density at radius 2 is 1.81 bits per heavy atom. The van der Waals surface area contributed by atoms with Crippen LogP contribution in [0.4, 0.5) is 0 Å². The molecular weight excluding hydrogens is 266 g/mol. The van der Waals surface area contributed by atoms with Gasteiger partial charge in [-0.25, -0.2) is 0 Å². The molecule has 0 bridgehead atoms. The highest BCUT2D eigenvalue weighted by Crippen LogP contribution is 2.22. The van der Waals surface area contributed by atoms with E-state index in [9.17, 15) is 4.79 Å². The maximum Gasteiger partial charge on any atom is 0.223 e. The predicted molar refractivity (Wildman–Crippen MR) is 79.9 cm³/mol. The molecule has 1 fully saturated rings. The standard InChI is InChI=1S/C17H19NO3/c19-17(18-10-12-20-13-11-18)9-7-15-6-8-16(21-15)14-4-2-1-3-5-14/h1-6,8H,7,9-13H2. The Bertz CT molecular complexity index is 585. The van der Waals surface area contributed by atoms with E-state index in [0.29, 0.717) is 39.1 Å². The maximum absolute atomic E-state index is 12.1. The zero-order valence-electron chi connectivity index (χ0n) is 12.0. The van der Waals surface area contributed by atoms with Crippen LogP contribution >= 0.6 is 0 Å². The highest BCUT2D eigenvalue weighted by Gasteiger charge is 2.17. The van der Waals surface area contributed by atoms with E-state index in [4.69, 9.17) is 9.15 Å². The van der Waals surface area contributed by atoms with E-state index in [1.165, 1.54) is 0 Å². The van der Waals surface area contributed by atoms with Gasteiger partial charge in [-0.15, -0.1) is 0 Å². The van der Waals surface area contributed by atoms with Crippen LogP contribution < -0.4 is 0 Å². The molecule has 2 aromatic rings. The molecule has 3 rings (SSSR count). The Balaban J connectivity index is 1.56. The Morgan fingerprint density at radius 1 is 1.05 bits per heavy atom. The van der Waals surface area contributed by atoms with Gasteiger partial charge >= 0.3 is 0 Å². The average molecular weight is 285 g/mol. The molecule has 0 saturated carbocycles. The number of rotatable bonds is 4. The Morgan fingerprint density at radius 3 is 2.57 bits per heavy atom. The van der Waals surface area contributed by atoms with E-state index in [2.05, 4.69) is 0 Å². The number of morpholine rings is 1. The molecule has 4 nitrogen and oxygen atoms in total. The summed E-state index contributed by atoms with van der Waals surface area (Å²) in [5.41, 5.74) is 1.06. The lowest BCUT2D eigenvalue weighted by Gasteiger charge is -2.26. The fourth-order valence-corrected chi connectivity index (χ4v) is 2.47. The molecule has 0 N–H and O–H groups in total. The largest absolute Gasteiger partial charge is 0.461 e. The van der Waals surface area contributed by atoms with Crippen LogP contribution in [-0.4, -0.2) is 37.1 Å². The smallest absolute Gasteiger partial charge is 0.223 e. The van der Waals surface area contributed by atoms with Gasteiger partial charge in [-0.05, 0) is 12.1 Å². The second-order valence-electron chi connectivity index (χ2n) is 5.13. The number of ether oxygens (including phenoxy) is 1. The molecule has 1 amide bonds. The van der Waals surface area contributed by atoms with Crippen LogP contribution in [0.3, 0.4) is 0 Å². The van der Waals surface area contributed by atoms with Gasteiger partial charge in [0.1, 0.15) is 11.5 Å². The first kappa shape index (κ1) is 13.9. The van der Waals surface area contributed by atoms with Crippen molar-refractivity contribution in [2.24, 2.45) is 0 Å². The minimum absolute atomic E-state index is 0.177. The van der Waals surface area contributed by atoms with Crippen molar-refractivity contribution in [1.29, 1.82) is 0 Å². The molecule has 4 heteroatoms. The van der Waals surface area contributed by atoms with Crippen LogP contribution in [0.25, 0.3) is 11.3 Å². The van der Waals surface area contributed by atoms with Gasteiger partial charge in [0.25, 0.3) is 0 Å². The lowest BCUT2D eigenvalue weighted by atomic mass is 10.2. The van der Waals surface area contributed by atoms with Gasteiger partial charge in [-0.1, -0.05) is 30.3 Å². The van der Waals surface area contributed by atoms with Crippen molar-refractivity contribution >= 4 is 5.91 Å². The van der Waals surface area contributed by atoms with Crippen molar-refractivity contribution in [3.05, 3.63) is 48.2 Å². The third kappa shape index (κ3) is 3.52. The first-order valence-corrected chi connectivity index (χ1v) is 7.32. The van der Waals surface area contributed by atoms with Crippen molar-refractivity contribution in [3.8, 4) is 11.3 Å². The third-order valence-electron chi connectivity index (χ3n) is 3.67. The molecular formula is C17H19NO3. The highest BCUT2D eigenvalue weighted by atomic mass is 16.5. The summed E-state index contributed by atoms with van der Waals surface area (Å²) in [5, 5.41) is 0. The van der Waals surface area contributed by atoms with Gasteiger partial charge in [0.15, 0.2) is 0 Å². The third-order valence-corrected chi connectivity index (χ3v) is 3.67. The normalized spacial score (nSPS) is 15.1. The fraction of sp³-hybridized carbons (Fsp3) is 0.353. The number of hydrogen-bond donors (Lipinski definition) is 0. The molecule has 0 aliphatic carbocycles. The van der Waals surface area contributed by atoms with Crippen molar-refractivity contribution in [1.82, 2.24) is 4.90 Å². The molecule has 1 aliphatic rings. The topological polar surface area (TPSA) is 42.7 Å². The van der Waals surface area contributed by atoms with Gasteiger partial charge < -0.3 is 14.1 Å². The van der Waals surface area contributed by atoms with Crippen LogP contribution in [0.1, 0.15) is 12.2 Å². The summed E-state index contributed by atoms with van der Waals surface area (Å²) >= 11 is 0. The molecule has 0 radical (unpaired) electrons. The van der Waals surface area contributed by atoms with E-state index >= 15 is 0 Å². The monoisotopic (exact) mass is 285 g/mol. The first-order chi connectivity index (χ1) is 10.3. The minimum atomic E-state index is 0.177. The second kappa shape index (κ2) is 6.59. The summed E-state index contributed by atoms with van der Waals surface area (Å²) in [6.07, 6.45) is 1.13. The minimum Gasteiger partial charge on any atom is -0.461 e. The zero-order valence-corrected chi connectivity index (χ0v) is 12.0. The van der Waals surface area contributed by atoms with Crippen LogP contribution in [0.2, 0.25) is 0 Å². The van der Waals surface area contributed by atoms with Gasteiger partial charge in [0.05, 0.1) is 13.2 Å². The van der Waals surface area contributed by atoms with E-state index < -0.39 is 0 Å². The number of hydrogen-bond acceptors (Lipinski definition) is 3. The van der Waals surface area contributed by atoms with Crippen molar-refractivity contribution in [3.63, 3.8) is 0 Å². The Labute approximate surface area is 124 Å². The zero-order chi connectivity index (χ0) is 14.5. The molecule has 21 heavy (non-hydrogen) atoms. The molecule has 1 aromatic heterocycles. The highest BCUT2D eigenvalue weighted by molar-refractivity contribution is 5.76. The summed E-state index contributed by atoms with van der Waals surface area (Å²) < 4.78 is 11.1. The SMILES string of the molecule is O=C(CCc1ccc(-c2ccccc2)o1)N1CCOCC1. The van der Waals surface area contributed by atoms with Crippen LogP contribution in [0.5, 0.6) is 0 Å². The maximum atomic E-state index is 12.1. The molecule has 1 aromatic carbocycles. The number of carbonyl (C=O) groups excluding carboxylic acids is 1. The lowest BCUT2D eigenvalue weighted by Crippen LogP contribution is -2.40. The van der Waals surface area contributed by atoms with E-state index in [1.807, 2.05) is 47.4 Å². The molecule has 1 aliphatic heterocycles. The van der Waals surface area contributed by atoms with Crippen molar-refractivity contribution in [2.75, 3.05) is 26.3 Å². The summed E-state index contributed by atoms with van der Waals surface area (Å²) in [6.45, 7) is 2.69.